The zero-order valence-electron chi connectivity index (χ0n) is 10.4. The molecule has 4 N–H and O–H groups in total. The molecule has 1 aromatic rings. The van der Waals surface area contributed by atoms with E-state index in [0.29, 0.717) is 24.3 Å². The zero-order chi connectivity index (χ0) is 13.7. The van der Waals surface area contributed by atoms with Gasteiger partial charge in [0.05, 0.1) is 16.4 Å². The third-order valence-electron chi connectivity index (χ3n) is 2.21. The lowest BCUT2D eigenvalue weighted by molar-refractivity contribution is -0.121. The lowest BCUT2D eigenvalue weighted by Crippen LogP contribution is -2.31. The molecule has 0 spiro atoms. The molecule has 0 heterocycles. The summed E-state index contributed by atoms with van der Waals surface area (Å²) in [7, 11) is 0. The normalized spacial score (nSPS) is 10.5. The van der Waals surface area contributed by atoms with Crippen molar-refractivity contribution in [3.8, 4) is 0 Å². The van der Waals surface area contributed by atoms with Gasteiger partial charge in [-0.25, -0.2) is 4.39 Å². The highest BCUT2D eigenvalue weighted by Gasteiger charge is 2.07. The third kappa shape index (κ3) is 4.41. The van der Waals surface area contributed by atoms with Crippen LogP contribution in [0.25, 0.3) is 0 Å². The van der Waals surface area contributed by atoms with Gasteiger partial charge < -0.3 is 16.4 Å². The van der Waals surface area contributed by atoms with Crippen molar-refractivity contribution >= 4 is 28.9 Å². The van der Waals surface area contributed by atoms with E-state index in [1.54, 1.807) is 0 Å². The maximum Gasteiger partial charge on any atom is 0.221 e. The van der Waals surface area contributed by atoms with Crippen LogP contribution in [0.2, 0.25) is 5.02 Å². The van der Waals surface area contributed by atoms with Crippen LogP contribution in [-0.2, 0) is 4.79 Å². The summed E-state index contributed by atoms with van der Waals surface area (Å²) >= 11 is 5.58. The Balaban J connectivity index is 2.49. The largest absolute Gasteiger partial charge is 0.397 e. The minimum absolute atomic E-state index is 0.0180. The van der Waals surface area contributed by atoms with Crippen molar-refractivity contribution < 1.29 is 9.18 Å². The highest BCUT2D eigenvalue weighted by atomic mass is 35.5. The highest BCUT2D eigenvalue weighted by molar-refractivity contribution is 6.31. The van der Waals surface area contributed by atoms with Crippen molar-refractivity contribution in [2.24, 2.45) is 0 Å². The number of benzene rings is 1. The fourth-order valence-electron chi connectivity index (χ4n) is 1.42. The Morgan fingerprint density at radius 3 is 2.78 bits per heavy atom. The number of anilines is 2. The van der Waals surface area contributed by atoms with Crippen molar-refractivity contribution in [3.05, 3.63) is 23.0 Å². The minimum atomic E-state index is -0.542. The fraction of sp³-hybridized carbons (Fsp3) is 0.417. The molecule has 0 unspecified atom stereocenters. The molecule has 0 bridgehead atoms. The number of nitrogens with two attached hydrogens (primary N) is 1. The molecule has 6 heteroatoms. The van der Waals surface area contributed by atoms with E-state index in [0.717, 1.165) is 0 Å². The van der Waals surface area contributed by atoms with Gasteiger partial charge in [-0.2, -0.15) is 0 Å². The van der Waals surface area contributed by atoms with Crippen LogP contribution in [0, 0.1) is 5.82 Å². The predicted molar refractivity (Wildman–Crippen MR) is 72.2 cm³/mol. The Labute approximate surface area is 111 Å². The number of hydrogen-bond acceptors (Lipinski definition) is 3. The number of nitrogen functional groups attached to an aromatic ring is 1. The summed E-state index contributed by atoms with van der Waals surface area (Å²) in [6.45, 7) is 4.15. The summed E-state index contributed by atoms with van der Waals surface area (Å²) in [4.78, 5) is 11.4. The van der Waals surface area contributed by atoms with Crippen LogP contribution < -0.4 is 16.4 Å². The van der Waals surface area contributed by atoms with E-state index in [1.165, 1.54) is 12.1 Å². The predicted octanol–water partition coefficient (Wildman–Crippen LogP) is 2.39. The van der Waals surface area contributed by atoms with Crippen molar-refractivity contribution in [2.75, 3.05) is 17.6 Å². The maximum absolute atomic E-state index is 13.2. The Hall–Kier alpha value is -1.49. The van der Waals surface area contributed by atoms with E-state index < -0.39 is 5.82 Å². The SMILES string of the molecule is CC(C)NC(=O)CCNc1cc(F)c(Cl)cc1N. The van der Waals surface area contributed by atoms with E-state index in [-0.39, 0.29) is 17.0 Å². The van der Waals surface area contributed by atoms with Gasteiger partial charge in [0.25, 0.3) is 0 Å². The molecule has 4 nitrogen and oxygen atoms in total. The Morgan fingerprint density at radius 2 is 2.17 bits per heavy atom. The van der Waals surface area contributed by atoms with Crippen molar-refractivity contribution in [1.82, 2.24) is 5.32 Å². The van der Waals surface area contributed by atoms with E-state index in [1.807, 2.05) is 13.8 Å². The average molecular weight is 274 g/mol. The molecule has 1 rings (SSSR count). The van der Waals surface area contributed by atoms with Crippen LogP contribution in [0.15, 0.2) is 12.1 Å². The smallest absolute Gasteiger partial charge is 0.221 e. The number of carbonyl (C=O) groups is 1. The molecular weight excluding hydrogens is 257 g/mol. The molecule has 0 aliphatic carbocycles. The first kappa shape index (κ1) is 14.6. The van der Waals surface area contributed by atoms with Gasteiger partial charge in [-0.15, -0.1) is 0 Å². The molecular formula is C12H17ClFN3O. The van der Waals surface area contributed by atoms with E-state index in [4.69, 9.17) is 17.3 Å². The number of carbonyl (C=O) groups excluding carboxylic acids is 1. The molecule has 18 heavy (non-hydrogen) atoms. The summed E-state index contributed by atoms with van der Waals surface area (Å²) < 4.78 is 13.2. The third-order valence-corrected chi connectivity index (χ3v) is 2.50. The number of hydrogen-bond donors (Lipinski definition) is 3. The molecule has 0 saturated carbocycles. The van der Waals surface area contributed by atoms with Crippen LogP contribution in [0.1, 0.15) is 20.3 Å². The standard InChI is InChI=1S/C12H17ClFN3O/c1-7(2)17-12(18)3-4-16-11-6-9(14)8(13)5-10(11)15/h5-7,16H,3-4,15H2,1-2H3,(H,17,18). The van der Waals surface area contributed by atoms with Gasteiger partial charge in [-0.1, -0.05) is 11.6 Å². The lowest BCUT2D eigenvalue weighted by Gasteiger charge is -2.11. The van der Waals surface area contributed by atoms with Crippen LogP contribution in [0.3, 0.4) is 0 Å². The number of rotatable bonds is 5. The molecule has 0 radical (unpaired) electrons. The Morgan fingerprint density at radius 1 is 1.50 bits per heavy atom. The molecule has 0 atom stereocenters. The Bertz CT molecular complexity index is 438. The second-order valence-corrected chi connectivity index (χ2v) is 4.66. The van der Waals surface area contributed by atoms with E-state index >= 15 is 0 Å². The van der Waals surface area contributed by atoms with Crippen LogP contribution >= 0.6 is 11.6 Å². The molecule has 0 fully saturated rings. The maximum atomic E-state index is 13.2. The van der Waals surface area contributed by atoms with Crippen LogP contribution in [-0.4, -0.2) is 18.5 Å². The molecule has 100 valence electrons. The second-order valence-electron chi connectivity index (χ2n) is 4.25. The van der Waals surface area contributed by atoms with Gasteiger partial charge in [0, 0.05) is 25.1 Å². The minimum Gasteiger partial charge on any atom is -0.397 e. The first-order valence-corrected chi connectivity index (χ1v) is 6.05. The molecule has 1 amide bonds. The molecule has 0 aliphatic heterocycles. The van der Waals surface area contributed by atoms with E-state index in [2.05, 4.69) is 10.6 Å². The topological polar surface area (TPSA) is 67.2 Å². The molecule has 0 aromatic heterocycles. The summed E-state index contributed by atoms with van der Waals surface area (Å²) in [5.41, 5.74) is 6.47. The molecule has 0 saturated heterocycles. The highest BCUT2D eigenvalue weighted by Crippen LogP contribution is 2.25. The fourth-order valence-corrected chi connectivity index (χ4v) is 1.59. The monoisotopic (exact) mass is 273 g/mol. The second kappa shape index (κ2) is 6.44. The number of nitrogens with one attached hydrogen (secondary N) is 2. The van der Waals surface area contributed by atoms with Gasteiger partial charge in [0.1, 0.15) is 5.82 Å². The summed E-state index contributed by atoms with van der Waals surface area (Å²) in [5, 5.41) is 5.64. The summed E-state index contributed by atoms with van der Waals surface area (Å²) in [5.74, 6) is -0.606. The first-order valence-electron chi connectivity index (χ1n) is 5.68. The Kier molecular flexibility index (Phi) is 5.22. The number of amides is 1. The van der Waals surface area contributed by atoms with Crippen molar-refractivity contribution in [1.29, 1.82) is 0 Å². The van der Waals surface area contributed by atoms with Crippen molar-refractivity contribution in [3.63, 3.8) is 0 Å². The molecule has 1 aromatic carbocycles. The quantitative estimate of drug-likeness (QED) is 0.722. The molecule has 0 aliphatic rings. The van der Waals surface area contributed by atoms with Crippen molar-refractivity contribution in [2.45, 2.75) is 26.3 Å². The lowest BCUT2D eigenvalue weighted by atomic mass is 10.2. The van der Waals surface area contributed by atoms with Gasteiger partial charge in [-0.05, 0) is 19.9 Å². The average Bonchev–Trinajstić information content (AvgIpc) is 2.24. The number of halogens is 2. The van der Waals surface area contributed by atoms with Crippen LogP contribution in [0.5, 0.6) is 0 Å². The summed E-state index contributed by atoms with van der Waals surface area (Å²) in [6, 6.07) is 2.67. The zero-order valence-corrected chi connectivity index (χ0v) is 11.1. The van der Waals surface area contributed by atoms with Gasteiger partial charge in [0.15, 0.2) is 0 Å². The van der Waals surface area contributed by atoms with Gasteiger partial charge in [0.2, 0.25) is 5.91 Å². The van der Waals surface area contributed by atoms with E-state index in [9.17, 15) is 9.18 Å². The van der Waals surface area contributed by atoms with Crippen LogP contribution in [0.4, 0.5) is 15.8 Å². The summed E-state index contributed by atoms with van der Waals surface area (Å²) in [6.07, 6.45) is 0.294. The van der Waals surface area contributed by atoms with Gasteiger partial charge >= 0.3 is 0 Å². The first-order chi connectivity index (χ1) is 8.40. The van der Waals surface area contributed by atoms with Gasteiger partial charge in [-0.3, -0.25) is 4.79 Å².